The van der Waals surface area contributed by atoms with Crippen LogP contribution in [-0.2, 0) is 9.09 Å². The number of hydrogen-bond acceptors (Lipinski definition) is 7. The van der Waals surface area contributed by atoms with Gasteiger partial charge >= 0.3 is 0 Å². The normalized spacial score (nSPS) is 16.3. The Labute approximate surface area is 212 Å². The lowest BCUT2D eigenvalue weighted by Gasteiger charge is -2.23. The topological polar surface area (TPSA) is 120 Å². The molecule has 2 amide bonds. The molecule has 3 rings (SSSR count). The zero-order valence-electron chi connectivity index (χ0n) is 20.9. The summed E-state index contributed by atoms with van der Waals surface area (Å²) >= 11 is 0. The summed E-state index contributed by atoms with van der Waals surface area (Å²) in [4.78, 5) is 26.2. The molecule has 1 aliphatic rings. The van der Waals surface area contributed by atoms with Crippen molar-refractivity contribution < 1.29 is 23.8 Å². The van der Waals surface area contributed by atoms with E-state index in [-0.39, 0.29) is 30.6 Å². The molecule has 9 heteroatoms. The number of fused-ring (bicyclic) bond motifs is 1. The monoisotopic (exact) mass is 511 g/mol. The number of amides is 2. The van der Waals surface area contributed by atoms with Crippen molar-refractivity contribution in [2.24, 2.45) is 0 Å². The van der Waals surface area contributed by atoms with Gasteiger partial charge in [-0.1, -0.05) is 30.7 Å². The van der Waals surface area contributed by atoms with Gasteiger partial charge in [0.05, 0.1) is 41.6 Å². The maximum Gasteiger partial charge on any atom is 0.261 e. The van der Waals surface area contributed by atoms with Crippen molar-refractivity contribution >= 4 is 19.2 Å². The van der Waals surface area contributed by atoms with E-state index in [4.69, 9.17) is 9.79 Å². The minimum atomic E-state index is -3.04. The van der Waals surface area contributed by atoms with Gasteiger partial charge in [0.1, 0.15) is 0 Å². The van der Waals surface area contributed by atoms with Crippen LogP contribution in [0.15, 0.2) is 48.5 Å². The Kier molecular flexibility index (Phi) is 9.98. The Bertz CT molecular complexity index is 1130. The van der Waals surface area contributed by atoms with Crippen LogP contribution in [0.2, 0.25) is 0 Å². The summed E-state index contributed by atoms with van der Waals surface area (Å²) in [6.07, 6.45) is 1.45. The van der Waals surface area contributed by atoms with E-state index in [1.54, 1.807) is 43.3 Å². The summed E-state index contributed by atoms with van der Waals surface area (Å²) in [7, 11) is -3.04. The summed E-state index contributed by atoms with van der Waals surface area (Å²) in [6, 6.07) is 16.1. The number of nitrogens with one attached hydrogen (secondary N) is 1. The SMILES string of the molecule is CCOP(=O)(CCCCCN1C(=O)c2ccccc2C1=O)C[C@@H](O)CN[C@H](C)c1cccc(C#N)c1. The van der Waals surface area contributed by atoms with Gasteiger partial charge in [0, 0.05) is 25.3 Å². The predicted octanol–water partition coefficient (Wildman–Crippen LogP) is 4.35. The molecular formula is C27H34N3O5P. The fourth-order valence-electron chi connectivity index (χ4n) is 4.38. The molecule has 192 valence electrons. The van der Waals surface area contributed by atoms with E-state index in [1.165, 1.54) is 4.90 Å². The lowest BCUT2D eigenvalue weighted by atomic mass is 10.1. The number of imide groups is 1. The lowest BCUT2D eigenvalue weighted by Crippen LogP contribution is -2.32. The Hall–Kier alpha value is -2.82. The molecule has 0 saturated heterocycles. The van der Waals surface area contributed by atoms with Crippen LogP contribution in [0, 0.1) is 11.3 Å². The zero-order valence-corrected chi connectivity index (χ0v) is 21.7. The number of carbonyl (C=O) groups excluding carboxylic acids is 2. The van der Waals surface area contributed by atoms with Gasteiger partial charge in [0.25, 0.3) is 11.8 Å². The summed E-state index contributed by atoms with van der Waals surface area (Å²) in [5.41, 5.74) is 2.40. The number of benzene rings is 2. The Balaban J connectivity index is 1.43. The molecule has 1 heterocycles. The lowest BCUT2D eigenvalue weighted by molar-refractivity contribution is 0.0651. The number of aliphatic hydroxyl groups excluding tert-OH is 1. The molecular weight excluding hydrogens is 477 g/mol. The molecule has 0 aromatic heterocycles. The molecule has 1 aliphatic heterocycles. The first-order valence-corrected chi connectivity index (χ1v) is 14.4. The highest BCUT2D eigenvalue weighted by molar-refractivity contribution is 7.59. The van der Waals surface area contributed by atoms with Gasteiger partial charge in [-0.15, -0.1) is 0 Å². The molecule has 0 saturated carbocycles. The quantitative estimate of drug-likeness (QED) is 0.220. The molecule has 0 radical (unpaired) electrons. The van der Waals surface area contributed by atoms with Crippen molar-refractivity contribution in [3.8, 4) is 6.07 Å². The van der Waals surface area contributed by atoms with E-state index in [0.717, 1.165) is 5.56 Å². The van der Waals surface area contributed by atoms with Crippen molar-refractivity contribution in [1.82, 2.24) is 10.2 Å². The van der Waals surface area contributed by atoms with Gasteiger partial charge in [0.2, 0.25) is 7.37 Å². The zero-order chi connectivity index (χ0) is 26.1. The standard InChI is InChI=1S/C27H34N3O5P/c1-3-35-36(34,19-23(31)18-29-20(2)22-11-9-10-21(16-22)17-28)15-8-4-7-14-30-26(32)24-12-5-6-13-25(24)27(30)33/h5-6,9-13,16,20,23,29,31H,3-4,7-8,14-15,18-19H2,1-2H3/t20-,23+,36?/m1/s1. The van der Waals surface area contributed by atoms with Gasteiger partial charge in [-0.25, -0.2) is 0 Å². The number of nitriles is 1. The van der Waals surface area contributed by atoms with E-state index >= 15 is 0 Å². The van der Waals surface area contributed by atoms with Crippen molar-refractivity contribution in [2.75, 3.05) is 32.0 Å². The van der Waals surface area contributed by atoms with E-state index in [9.17, 15) is 19.3 Å². The molecule has 2 aromatic carbocycles. The van der Waals surface area contributed by atoms with Gasteiger partial charge in [-0.05, 0) is 56.5 Å². The number of unbranched alkanes of at least 4 members (excludes halogenated alkanes) is 2. The molecule has 3 atom stereocenters. The van der Waals surface area contributed by atoms with Crippen molar-refractivity contribution in [2.45, 2.75) is 45.3 Å². The molecule has 0 bridgehead atoms. The fraction of sp³-hybridized carbons (Fsp3) is 0.444. The van der Waals surface area contributed by atoms with Crippen LogP contribution < -0.4 is 5.32 Å². The first-order chi connectivity index (χ1) is 17.3. The second kappa shape index (κ2) is 12.9. The van der Waals surface area contributed by atoms with E-state index in [0.29, 0.717) is 55.3 Å². The summed E-state index contributed by atoms with van der Waals surface area (Å²) in [6.45, 7) is 4.59. The second-order valence-corrected chi connectivity index (χ2v) is 11.7. The van der Waals surface area contributed by atoms with Crippen LogP contribution in [0.1, 0.15) is 71.0 Å². The van der Waals surface area contributed by atoms with Crippen LogP contribution in [0.25, 0.3) is 0 Å². The third-order valence-corrected chi connectivity index (χ3v) is 8.99. The number of rotatable bonds is 14. The maximum atomic E-state index is 13.3. The van der Waals surface area contributed by atoms with Crippen LogP contribution in [0.3, 0.4) is 0 Å². The minimum Gasteiger partial charge on any atom is -0.391 e. The average Bonchev–Trinajstić information content (AvgIpc) is 3.12. The van der Waals surface area contributed by atoms with Gasteiger partial charge in [0.15, 0.2) is 0 Å². The smallest absolute Gasteiger partial charge is 0.261 e. The van der Waals surface area contributed by atoms with Crippen LogP contribution in [0.5, 0.6) is 0 Å². The summed E-state index contributed by atoms with van der Waals surface area (Å²) < 4.78 is 18.9. The highest BCUT2D eigenvalue weighted by Gasteiger charge is 2.34. The van der Waals surface area contributed by atoms with Crippen LogP contribution >= 0.6 is 7.37 Å². The molecule has 8 nitrogen and oxygen atoms in total. The largest absolute Gasteiger partial charge is 0.391 e. The average molecular weight is 512 g/mol. The van der Waals surface area contributed by atoms with Gasteiger partial charge in [-0.2, -0.15) is 5.26 Å². The molecule has 2 aromatic rings. The van der Waals surface area contributed by atoms with Gasteiger partial charge in [-0.3, -0.25) is 19.1 Å². The number of hydrogen-bond donors (Lipinski definition) is 2. The Morgan fingerprint density at radius 3 is 2.42 bits per heavy atom. The Morgan fingerprint density at radius 2 is 1.78 bits per heavy atom. The van der Waals surface area contributed by atoms with Crippen LogP contribution in [0.4, 0.5) is 0 Å². The second-order valence-electron chi connectivity index (χ2n) is 9.03. The van der Waals surface area contributed by atoms with Gasteiger partial charge < -0.3 is 14.9 Å². The first kappa shape index (κ1) is 27.8. The highest BCUT2D eigenvalue weighted by Crippen LogP contribution is 2.48. The molecule has 1 unspecified atom stereocenters. The first-order valence-electron chi connectivity index (χ1n) is 12.4. The van der Waals surface area contributed by atoms with Crippen molar-refractivity contribution in [3.63, 3.8) is 0 Å². The van der Waals surface area contributed by atoms with E-state index in [2.05, 4.69) is 11.4 Å². The molecule has 0 spiro atoms. The molecule has 0 fully saturated rings. The van der Waals surface area contributed by atoms with E-state index in [1.807, 2.05) is 19.1 Å². The predicted molar refractivity (Wildman–Crippen MR) is 138 cm³/mol. The van der Waals surface area contributed by atoms with Crippen molar-refractivity contribution in [3.05, 3.63) is 70.8 Å². The maximum absolute atomic E-state index is 13.3. The number of aliphatic hydroxyl groups is 1. The third kappa shape index (κ3) is 7.11. The molecule has 36 heavy (non-hydrogen) atoms. The summed E-state index contributed by atoms with van der Waals surface area (Å²) in [5, 5.41) is 22.9. The Morgan fingerprint density at radius 1 is 1.08 bits per heavy atom. The highest BCUT2D eigenvalue weighted by atomic mass is 31.2. The van der Waals surface area contributed by atoms with Crippen molar-refractivity contribution in [1.29, 1.82) is 5.26 Å². The van der Waals surface area contributed by atoms with E-state index < -0.39 is 13.5 Å². The number of carbonyl (C=O) groups is 2. The molecule has 0 aliphatic carbocycles. The summed E-state index contributed by atoms with van der Waals surface area (Å²) in [5.74, 6) is -0.528. The third-order valence-electron chi connectivity index (χ3n) is 6.29. The minimum absolute atomic E-state index is 0.0528. The fourth-order valence-corrected chi connectivity index (χ4v) is 6.74. The number of nitrogens with zero attached hydrogens (tertiary/aromatic N) is 2. The van der Waals surface area contributed by atoms with Crippen LogP contribution in [-0.4, -0.2) is 59.9 Å². The molecule has 2 N–H and O–H groups in total.